The van der Waals surface area contributed by atoms with E-state index >= 15 is 0 Å². The van der Waals surface area contributed by atoms with Crippen molar-refractivity contribution in [1.29, 1.82) is 0 Å². The molecule has 0 atom stereocenters. The van der Waals surface area contributed by atoms with E-state index in [4.69, 9.17) is 11.6 Å². The summed E-state index contributed by atoms with van der Waals surface area (Å²) in [6.07, 6.45) is -4.81. The molecule has 0 saturated carbocycles. The molecule has 0 bridgehead atoms. The highest BCUT2D eigenvalue weighted by molar-refractivity contribution is 6.30. The van der Waals surface area contributed by atoms with Gasteiger partial charge in [0.2, 0.25) is 0 Å². The van der Waals surface area contributed by atoms with Crippen LogP contribution in [0.2, 0.25) is 5.15 Å². The third-order valence-electron chi connectivity index (χ3n) is 2.60. The predicted molar refractivity (Wildman–Crippen MR) is 69.1 cm³/mol. The van der Waals surface area contributed by atoms with Crippen molar-refractivity contribution in [2.45, 2.75) is 13.3 Å². The molecule has 5 nitrogen and oxygen atoms in total. The van der Waals surface area contributed by atoms with Gasteiger partial charge in [-0.3, -0.25) is 9.78 Å². The number of halogens is 4. The summed E-state index contributed by atoms with van der Waals surface area (Å²) in [7, 11) is 0. The molecular weight excluding hydrogens is 313 g/mol. The SMILES string of the molecule is Cc1c(Cl)[nH]c(=O)n(-c2ccc(OC(F)(F)F)cc2)c1=O. The van der Waals surface area contributed by atoms with Crippen molar-refractivity contribution in [2.75, 3.05) is 0 Å². The van der Waals surface area contributed by atoms with Gasteiger partial charge in [-0.1, -0.05) is 11.6 Å². The average molecular weight is 321 g/mol. The van der Waals surface area contributed by atoms with Crippen molar-refractivity contribution in [1.82, 2.24) is 9.55 Å². The number of rotatable bonds is 2. The number of nitrogens with one attached hydrogen (secondary N) is 1. The van der Waals surface area contributed by atoms with Crippen LogP contribution in [0.15, 0.2) is 33.9 Å². The maximum atomic E-state index is 12.0. The molecule has 0 aliphatic heterocycles. The lowest BCUT2D eigenvalue weighted by atomic mass is 10.3. The van der Waals surface area contributed by atoms with Crippen LogP contribution in [-0.2, 0) is 0 Å². The Morgan fingerprint density at radius 3 is 2.29 bits per heavy atom. The summed E-state index contributed by atoms with van der Waals surface area (Å²) in [5, 5.41) is -0.0849. The van der Waals surface area contributed by atoms with Gasteiger partial charge in [-0.05, 0) is 31.2 Å². The van der Waals surface area contributed by atoms with Crippen LogP contribution in [0.1, 0.15) is 5.56 Å². The number of benzene rings is 1. The topological polar surface area (TPSA) is 64.1 Å². The molecule has 112 valence electrons. The fourth-order valence-electron chi connectivity index (χ4n) is 1.63. The lowest BCUT2D eigenvalue weighted by Crippen LogP contribution is -2.35. The van der Waals surface area contributed by atoms with Gasteiger partial charge < -0.3 is 4.74 Å². The number of hydrogen-bond donors (Lipinski definition) is 1. The average Bonchev–Trinajstić information content (AvgIpc) is 2.36. The lowest BCUT2D eigenvalue weighted by Gasteiger charge is -2.10. The maximum Gasteiger partial charge on any atom is 0.573 e. The van der Waals surface area contributed by atoms with Crippen LogP contribution in [0.3, 0.4) is 0 Å². The van der Waals surface area contributed by atoms with Crippen LogP contribution in [0.25, 0.3) is 5.69 Å². The molecular formula is C12H8ClF3N2O3. The molecule has 0 amide bonds. The highest BCUT2D eigenvalue weighted by Gasteiger charge is 2.31. The molecule has 1 aromatic heterocycles. The fourth-order valence-corrected chi connectivity index (χ4v) is 1.79. The number of nitrogens with zero attached hydrogens (tertiary/aromatic N) is 1. The fraction of sp³-hybridized carbons (Fsp3) is 0.167. The summed E-state index contributed by atoms with van der Waals surface area (Å²) < 4.78 is 40.6. The second-order valence-corrected chi connectivity index (χ2v) is 4.43. The first-order chi connectivity index (χ1) is 9.69. The third kappa shape index (κ3) is 3.27. The Hall–Kier alpha value is -2.22. The minimum atomic E-state index is -4.81. The van der Waals surface area contributed by atoms with Crippen molar-refractivity contribution in [2.24, 2.45) is 0 Å². The molecule has 1 heterocycles. The quantitative estimate of drug-likeness (QED) is 0.864. The van der Waals surface area contributed by atoms with Gasteiger partial charge in [-0.2, -0.15) is 0 Å². The second kappa shape index (κ2) is 5.28. The molecule has 0 saturated heterocycles. The number of H-pyrrole nitrogens is 1. The van der Waals surface area contributed by atoms with Crippen molar-refractivity contribution in [3.05, 3.63) is 55.8 Å². The van der Waals surface area contributed by atoms with Gasteiger partial charge in [-0.25, -0.2) is 9.36 Å². The Balaban J connectivity index is 2.48. The smallest absolute Gasteiger partial charge is 0.406 e. The van der Waals surface area contributed by atoms with Gasteiger partial charge in [0, 0.05) is 0 Å². The zero-order valence-electron chi connectivity index (χ0n) is 10.5. The first-order valence-electron chi connectivity index (χ1n) is 5.56. The molecule has 1 N–H and O–H groups in total. The molecule has 0 aliphatic carbocycles. The van der Waals surface area contributed by atoms with Gasteiger partial charge in [0.15, 0.2) is 0 Å². The van der Waals surface area contributed by atoms with E-state index in [2.05, 4.69) is 9.72 Å². The Morgan fingerprint density at radius 1 is 1.19 bits per heavy atom. The van der Waals surface area contributed by atoms with Crippen molar-refractivity contribution < 1.29 is 17.9 Å². The predicted octanol–water partition coefficient (Wildman–Crippen LogP) is 2.39. The van der Waals surface area contributed by atoms with E-state index in [0.29, 0.717) is 0 Å². The Bertz CT molecular complexity index is 778. The molecule has 0 spiro atoms. The van der Waals surface area contributed by atoms with E-state index in [-0.39, 0.29) is 16.4 Å². The van der Waals surface area contributed by atoms with Crippen molar-refractivity contribution in [3.8, 4) is 11.4 Å². The summed E-state index contributed by atoms with van der Waals surface area (Å²) in [5.74, 6) is -0.457. The summed E-state index contributed by atoms with van der Waals surface area (Å²) in [6, 6.07) is 4.31. The standard InChI is InChI=1S/C12H8ClF3N2O3/c1-6-9(13)17-11(20)18(10(6)19)7-2-4-8(5-3-7)21-12(14,15)16/h2-5H,1H3,(H,17,20). The van der Waals surface area contributed by atoms with Crippen molar-refractivity contribution in [3.63, 3.8) is 0 Å². The normalized spacial score (nSPS) is 11.5. The Labute approximate surface area is 120 Å². The minimum absolute atomic E-state index is 0.0849. The van der Waals surface area contributed by atoms with Gasteiger partial charge in [0.1, 0.15) is 10.9 Å². The van der Waals surface area contributed by atoms with Crippen LogP contribution in [0, 0.1) is 6.92 Å². The van der Waals surface area contributed by atoms with Crippen LogP contribution in [0.4, 0.5) is 13.2 Å². The zero-order chi connectivity index (χ0) is 15.8. The molecule has 0 fully saturated rings. The van der Waals surface area contributed by atoms with Gasteiger partial charge >= 0.3 is 12.1 Å². The lowest BCUT2D eigenvalue weighted by molar-refractivity contribution is -0.274. The number of hydrogen-bond acceptors (Lipinski definition) is 3. The van der Waals surface area contributed by atoms with E-state index in [9.17, 15) is 22.8 Å². The number of alkyl halides is 3. The first kappa shape index (κ1) is 15.2. The van der Waals surface area contributed by atoms with Crippen LogP contribution in [0.5, 0.6) is 5.75 Å². The molecule has 2 rings (SSSR count). The van der Waals surface area contributed by atoms with E-state index in [1.54, 1.807) is 0 Å². The molecule has 0 radical (unpaired) electrons. The summed E-state index contributed by atoms with van der Waals surface area (Å²) in [5.41, 5.74) is -1.24. The molecule has 9 heteroatoms. The summed E-state index contributed by atoms with van der Waals surface area (Å²) in [6.45, 7) is 1.41. The molecule has 0 aliphatic rings. The highest BCUT2D eigenvalue weighted by Crippen LogP contribution is 2.23. The van der Waals surface area contributed by atoms with E-state index in [0.717, 1.165) is 28.8 Å². The first-order valence-corrected chi connectivity index (χ1v) is 5.94. The van der Waals surface area contributed by atoms with E-state index in [1.165, 1.54) is 6.92 Å². The van der Waals surface area contributed by atoms with Gasteiger partial charge in [0.05, 0.1) is 11.3 Å². The number of ether oxygens (including phenoxy) is 1. The van der Waals surface area contributed by atoms with E-state index < -0.39 is 23.4 Å². The molecule has 21 heavy (non-hydrogen) atoms. The summed E-state index contributed by atoms with van der Waals surface area (Å²) in [4.78, 5) is 26.0. The van der Waals surface area contributed by atoms with Crippen LogP contribution < -0.4 is 16.0 Å². The van der Waals surface area contributed by atoms with Crippen LogP contribution >= 0.6 is 11.6 Å². The van der Waals surface area contributed by atoms with Gasteiger partial charge in [0.25, 0.3) is 5.56 Å². The van der Waals surface area contributed by atoms with Crippen LogP contribution in [-0.4, -0.2) is 15.9 Å². The minimum Gasteiger partial charge on any atom is -0.406 e. The molecule has 2 aromatic rings. The monoisotopic (exact) mass is 320 g/mol. The number of aromatic nitrogens is 2. The Kier molecular flexibility index (Phi) is 3.82. The Morgan fingerprint density at radius 2 is 1.76 bits per heavy atom. The van der Waals surface area contributed by atoms with E-state index in [1.807, 2.05) is 0 Å². The van der Waals surface area contributed by atoms with Crippen molar-refractivity contribution >= 4 is 11.6 Å². The zero-order valence-corrected chi connectivity index (χ0v) is 11.2. The maximum absolute atomic E-state index is 12.0. The van der Waals surface area contributed by atoms with Gasteiger partial charge in [-0.15, -0.1) is 13.2 Å². The highest BCUT2D eigenvalue weighted by atomic mass is 35.5. The summed E-state index contributed by atoms with van der Waals surface area (Å²) >= 11 is 5.66. The molecule has 0 unspecified atom stereocenters. The largest absolute Gasteiger partial charge is 0.573 e. The molecule has 1 aromatic carbocycles. The third-order valence-corrected chi connectivity index (χ3v) is 2.98. The number of aromatic amines is 1. The second-order valence-electron chi connectivity index (χ2n) is 4.05.